The Morgan fingerprint density at radius 1 is 0.964 bits per heavy atom. The van der Waals surface area contributed by atoms with Gasteiger partial charge in [-0.05, 0) is 68.0 Å². The van der Waals surface area contributed by atoms with Crippen molar-refractivity contribution in [2.24, 2.45) is 0 Å². The first-order valence-electron chi connectivity index (χ1n) is 10.8. The molecule has 2 aliphatic rings. The van der Waals surface area contributed by atoms with Gasteiger partial charge >= 0.3 is 0 Å². The van der Waals surface area contributed by atoms with E-state index >= 15 is 0 Å². The molecule has 5 heteroatoms. The van der Waals surface area contributed by atoms with Gasteiger partial charge in [-0.2, -0.15) is 0 Å². The Morgan fingerprint density at radius 3 is 2.21 bits per heavy atom. The van der Waals surface area contributed by atoms with E-state index in [0.717, 1.165) is 38.4 Å². The Morgan fingerprint density at radius 2 is 1.61 bits per heavy atom. The maximum Gasteiger partial charge on any atom is 0.222 e. The first kappa shape index (κ1) is 19.2. The number of nitrogens with zero attached hydrogens (tertiary/aromatic N) is 4. The zero-order valence-electron chi connectivity index (χ0n) is 17.3. The van der Waals surface area contributed by atoms with Crippen LogP contribution in [0.2, 0.25) is 0 Å². The Hall–Kier alpha value is -2.14. The summed E-state index contributed by atoms with van der Waals surface area (Å²) in [5, 5.41) is 3.51. The zero-order valence-corrected chi connectivity index (χ0v) is 17.3. The van der Waals surface area contributed by atoms with E-state index < -0.39 is 0 Å². The van der Waals surface area contributed by atoms with Crippen LogP contribution in [0.3, 0.4) is 0 Å². The van der Waals surface area contributed by atoms with Crippen molar-refractivity contribution in [2.45, 2.75) is 58.0 Å². The van der Waals surface area contributed by atoms with Crippen molar-refractivity contribution >= 4 is 11.6 Å². The lowest BCUT2D eigenvalue weighted by Gasteiger charge is -2.34. The summed E-state index contributed by atoms with van der Waals surface area (Å²) in [7, 11) is 0. The summed E-state index contributed by atoms with van der Waals surface area (Å²) in [4.78, 5) is 14.0. The highest BCUT2D eigenvalue weighted by molar-refractivity contribution is 5.48. The van der Waals surface area contributed by atoms with Gasteiger partial charge in [-0.25, -0.2) is 9.97 Å². The van der Waals surface area contributed by atoms with Gasteiger partial charge in [-0.3, -0.25) is 4.90 Å². The average molecular weight is 380 g/mol. The number of nitrogens with one attached hydrogen (secondary N) is 1. The van der Waals surface area contributed by atoms with Crippen molar-refractivity contribution in [3.8, 4) is 0 Å². The van der Waals surface area contributed by atoms with Crippen LogP contribution in [0.25, 0.3) is 0 Å². The van der Waals surface area contributed by atoms with Crippen molar-refractivity contribution in [2.75, 3.05) is 36.4 Å². The van der Waals surface area contributed by atoms with E-state index in [2.05, 4.69) is 63.2 Å². The molecule has 3 heterocycles. The molecule has 0 atom stereocenters. The number of hydrogen-bond donors (Lipinski definition) is 1. The van der Waals surface area contributed by atoms with Crippen LogP contribution < -0.4 is 10.2 Å². The first-order chi connectivity index (χ1) is 13.7. The van der Waals surface area contributed by atoms with E-state index in [4.69, 9.17) is 0 Å². The van der Waals surface area contributed by atoms with Crippen molar-refractivity contribution < 1.29 is 0 Å². The number of rotatable bonds is 6. The number of piperidine rings is 1. The highest BCUT2D eigenvalue weighted by Gasteiger charge is 2.20. The molecule has 0 saturated carbocycles. The van der Waals surface area contributed by atoms with Crippen LogP contribution in [0.5, 0.6) is 0 Å². The average Bonchev–Trinajstić information content (AvgIpc) is 3.23. The minimum Gasteiger partial charge on any atom is -0.371 e. The molecule has 0 bridgehead atoms. The third kappa shape index (κ3) is 4.82. The van der Waals surface area contributed by atoms with Crippen molar-refractivity contribution in [3.05, 3.63) is 47.8 Å². The second kappa shape index (κ2) is 8.91. The number of hydrogen-bond acceptors (Lipinski definition) is 5. The van der Waals surface area contributed by atoms with Gasteiger partial charge in [0.1, 0.15) is 0 Å². The lowest BCUT2D eigenvalue weighted by molar-refractivity contribution is 0.331. The summed E-state index contributed by atoms with van der Waals surface area (Å²) in [5.74, 6) is 1.23. The van der Waals surface area contributed by atoms with Crippen LogP contribution in [-0.2, 0) is 6.54 Å². The molecule has 0 amide bonds. The second-order valence-corrected chi connectivity index (χ2v) is 8.55. The van der Waals surface area contributed by atoms with Gasteiger partial charge in [0.05, 0.1) is 0 Å². The predicted molar refractivity (Wildman–Crippen MR) is 116 cm³/mol. The zero-order chi connectivity index (χ0) is 19.3. The summed E-state index contributed by atoms with van der Waals surface area (Å²) >= 11 is 0. The van der Waals surface area contributed by atoms with Crippen LogP contribution in [-0.4, -0.2) is 47.1 Å². The van der Waals surface area contributed by atoms with Gasteiger partial charge in [0.15, 0.2) is 0 Å². The van der Waals surface area contributed by atoms with E-state index in [1.807, 2.05) is 12.4 Å². The summed E-state index contributed by atoms with van der Waals surface area (Å²) in [6, 6.07) is 9.67. The fourth-order valence-electron chi connectivity index (χ4n) is 4.19. The molecule has 4 rings (SSSR count). The minimum absolute atomic E-state index is 0.454. The number of anilines is 2. The molecule has 1 aromatic carbocycles. The Bertz CT molecular complexity index is 727. The highest BCUT2D eigenvalue weighted by atomic mass is 15.2. The number of aromatic nitrogens is 2. The van der Waals surface area contributed by atoms with Crippen LogP contribution in [0.1, 0.15) is 56.6 Å². The molecular formula is C23H33N5. The molecule has 150 valence electrons. The third-order valence-corrected chi connectivity index (χ3v) is 6.07. The molecule has 2 fully saturated rings. The quantitative estimate of drug-likeness (QED) is 0.812. The van der Waals surface area contributed by atoms with Crippen LogP contribution in [0, 0.1) is 0 Å². The van der Waals surface area contributed by atoms with Gasteiger partial charge in [-0.15, -0.1) is 0 Å². The molecule has 2 aromatic rings. The van der Waals surface area contributed by atoms with Gasteiger partial charge in [0.2, 0.25) is 5.95 Å². The maximum atomic E-state index is 4.48. The molecule has 0 aliphatic carbocycles. The minimum atomic E-state index is 0.454. The van der Waals surface area contributed by atoms with E-state index in [1.165, 1.54) is 42.7 Å². The lowest BCUT2D eigenvalue weighted by Crippen LogP contribution is -2.39. The predicted octanol–water partition coefficient (Wildman–Crippen LogP) is 4.28. The monoisotopic (exact) mass is 379 g/mol. The molecule has 5 nitrogen and oxygen atoms in total. The van der Waals surface area contributed by atoms with E-state index in [1.54, 1.807) is 0 Å². The van der Waals surface area contributed by atoms with E-state index in [0.29, 0.717) is 12.0 Å². The molecule has 2 aliphatic heterocycles. The largest absolute Gasteiger partial charge is 0.371 e. The molecule has 28 heavy (non-hydrogen) atoms. The van der Waals surface area contributed by atoms with Crippen LogP contribution >= 0.6 is 0 Å². The Balaban J connectivity index is 1.26. The summed E-state index contributed by atoms with van der Waals surface area (Å²) in [6.45, 7) is 10.1. The third-order valence-electron chi connectivity index (χ3n) is 6.07. The molecule has 0 unspecified atom stereocenters. The molecule has 2 saturated heterocycles. The Labute approximate surface area is 169 Å². The smallest absolute Gasteiger partial charge is 0.222 e. The Kier molecular flexibility index (Phi) is 6.10. The van der Waals surface area contributed by atoms with Gasteiger partial charge < -0.3 is 10.2 Å². The van der Waals surface area contributed by atoms with Crippen molar-refractivity contribution in [1.29, 1.82) is 0 Å². The highest BCUT2D eigenvalue weighted by Crippen LogP contribution is 2.23. The van der Waals surface area contributed by atoms with Crippen molar-refractivity contribution in [1.82, 2.24) is 14.9 Å². The fourth-order valence-corrected chi connectivity index (χ4v) is 4.19. The first-order valence-corrected chi connectivity index (χ1v) is 10.8. The second-order valence-electron chi connectivity index (χ2n) is 8.55. The van der Waals surface area contributed by atoms with Crippen LogP contribution in [0.4, 0.5) is 11.6 Å². The standard InChI is InChI=1S/C23H33N5/c1-18(2)20-15-24-23(25-16-20)26-21-9-13-28(14-10-21)22-7-5-19(6-8-22)17-27-11-3-4-12-27/h5-8,15-16,18,21H,3-4,9-14,17H2,1-2H3,(H,24,25,26). The summed E-state index contributed by atoms with van der Waals surface area (Å²) < 4.78 is 0. The summed E-state index contributed by atoms with van der Waals surface area (Å²) in [6.07, 6.45) is 8.83. The van der Waals surface area contributed by atoms with Crippen LogP contribution in [0.15, 0.2) is 36.7 Å². The van der Waals surface area contributed by atoms with E-state index in [-0.39, 0.29) is 0 Å². The molecule has 1 aromatic heterocycles. The van der Waals surface area contributed by atoms with Gasteiger partial charge in [-0.1, -0.05) is 26.0 Å². The van der Waals surface area contributed by atoms with Gasteiger partial charge in [0.25, 0.3) is 0 Å². The summed E-state index contributed by atoms with van der Waals surface area (Å²) in [5.41, 5.74) is 3.97. The lowest BCUT2D eigenvalue weighted by atomic mass is 10.0. The number of benzene rings is 1. The molecule has 0 spiro atoms. The molecular weight excluding hydrogens is 346 g/mol. The normalized spacial score (nSPS) is 18.8. The van der Waals surface area contributed by atoms with Gasteiger partial charge in [0, 0.05) is 43.8 Å². The van der Waals surface area contributed by atoms with E-state index in [9.17, 15) is 0 Å². The van der Waals surface area contributed by atoms with Crippen molar-refractivity contribution in [3.63, 3.8) is 0 Å². The topological polar surface area (TPSA) is 44.3 Å². The fraction of sp³-hybridized carbons (Fsp3) is 0.565. The number of likely N-dealkylation sites (tertiary alicyclic amines) is 1. The molecule has 0 radical (unpaired) electrons. The SMILES string of the molecule is CC(C)c1cnc(NC2CCN(c3ccc(CN4CCCC4)cc3)CC2)nc1. The molecule has 1 N–H and O–H groups in total. The maximum absolute atomic E-state index is 4.48.